The maximum Gasteiger partial charge on any atom is 0.411 e. The van der Waals surface area contributed by atoms with E-state index >= 15 is 0 Å². The first kappa shape index (κ1) is 42.2. The van der Waals surface area contributed by atoms with Gasteiger partial charge in [-0.2, -0.15) is 0 Å². The highest BCUT2D eigenvalue weighted by molar-refractivity contribution is 6.74. The number of aryl methyl sites for hydroxylation is 1. The molecule has 3 aliphatic heterocycles. The lowest BCUT2D eigenvalue weighted by Crippen LogP contribution is -2.52. The van der Waals surface area contributed by atoms with Crippen molar-refractivity contribution >= 4 is 31.0 Å². The molecule has 3 saturated heterocycles. The van der Waals surface area contributed by atoms with Crippen molar-refractivity contribution in [3.05, 3.63) is 124 Å². The van der Waals surface area contributed by atoms with Gasteiger partial charge in [-0.15, -0.1) is 0 Å². The molecule has 10 nitrogen and oxygen atoms in total. The third-order valence-corrected chi connectivity index (χ3v) is 17.0. The van der Waals surface area contributed by atoms with Crippen molar-refractivity contribution in [2.45, 2.75) is 83.2 Å². The summed E-state index contributed by atoms with van der Waals surface area (Å²) in [6, 6.07) is 31.5. The van der Waals surface area contributed by atoms with Gasteiger partial charge in [-0.05, 0) is 128 Å². The standard InChI is InChI=1S/C48H60N4O6Si/c1-48(2,3)59(4,5)58-43(39-19-21-42(53)46-40(39)20-22-45(54)51-46)31-49-26-23-33-13-16-37(17-14-33)56-29-9-10-34-15-18-38(35-11-7-6-8-12-35)41(30-34)50-47(55)57-44-32-52-27-24-36(44)25-28-52/h6-8,11-22,30,36,43-44,49,53H,9-10,23-29,31-32H2,1-5H3,(H,50,55)(H,51,54)/t43-,44-/m0/s1. The number of piperidine rings is 3. The summed E-state index contributed by atoms with van der Waals surface area (Å²) in [5.41, 5.74) is 6.21. The molecule has 0 spiro atoms. The number of pyridine rings is 1. The molecular formula is C48H60N4O6Si. The number of rotatable bonds is 16. The highest BCUT2D eigenvalue weighted by atomic mass is 28.4. The van der Waals surface area contributed by atoms with E-state index in [9.17, 15) is 14.7 Å². The Labute approximate surface area is 349 Å². The first-order valence-corrected chi connectivity index (χ1v) is 24.1. The van der Waals surface area contributed by atoms with Gasteiger partial charge >= 0.3 is 6.09 Å². The van der Waals surface area contributed by atoms with Crippen LogP contribution in [-0.4, -0.2) is 74.8 Å². The molecular weight excluding hydrogens is 757 g/mol. The fraction of sp³-hybridized carbons (Fsp3) is 0.417. The maximum absolute atomic E-state index is 13.2. The number of nitrogens with one attached hydrogen (secondary N) is 3. The van der Waals surface area contributed by atoms with E-state index in [1.807, 2.05) is 36.4 Å². The van der Waals surface area contributed by atoms with E-state index < -0.39 is 8.32 Å². The number of phenols is 1. The molecule has 4 N–H and O–H groups in total. The lowest BCUT2D eigenvalue weighted by molar-refractivity contribution is -0.0289. The highest BCUT2D eigenvalue weighted by Gasteiger charge is 2.40. The van der Waals surface area contributed by atoms with E-state index in [1.165, 1.54) is 11.6 Å². The topological polar surface area (TPSA) is 125 Å². The maximum atomic E-state index is 13.2. The Morgan fingerprint density at radius 2 is 1.68 bits per heavy atom. The number of hydrogen-bond donors (Lipinski definition) is 4. The molecule has 1 amide bonds. The molecule has 59 heavy (non-hydrogen) atoms. The number of benzene rings is 4. The molecule has 0 unspecified atom stereocenters. The predicted octanol–water partition coefficient (Wildman–Crippen LogP) is 9.45. The summed E-state index contributed by atoms with van der Waals surface area (Å²) >= 11 is 0. The predicted molar refractivity (Wildman–Crippen MR) is 239 cm³/mol. The fourth-order valence-electron chi connectivity index (χ4n) is 8.01. The van der Waals surface area contributed by atoms with Crippen LogP contribution in [0.5, 0.6) is 11.5 Å². The van der Waals surface area contributed by atoms with E-state index in [0.717, 1.165) is 97.4 Å². The average Bonchev–Trinajstić information content (AvgIpc) is 3.22. The molecule has 312 valence electrons. The van der Waals surface area contributed by atoms with Gasteiger partial charge in [0.2, 0.25) is 5.56 Å². The number of nitrogens with zero attached hydrogens (tertiary/aromatic N) is 1. The van der Waals surface area contributed by atoms with Crippen LogP contribution >= 0.6 is 0 Å². The van der Waals surface area contributed by atoms with Gasteiger partial charge in [-0.3, -0.25) is 15.0 Å². The molecule has 0 aliphatic carbocycles. The molecule has 2 bridgehead atoms. The van der Waals surface area contributed by atoms with Crippen LogP contribution in [-0.2, 0) is 22.0 Å². The third kappa shape index (κ3) is 10.6. The van der Waals surface area contributed by atoms with Crippen molar-refractivity contribution in [3.63, 3.8) is 0 Å². The van der Waals surface area contributed by atoms with Crippen LogP contribution < -0.4 is 20.9 Å². The summed E-state index contributed by atoms with van der Waals surface area (Å²) in [6.07, 6.45) is 3.95. The van der Waals surface area contributed by atoms with Gasteiger partial charge in [0, 0.05) is 30.1 Å². The SMILES string of the molecule is CC(C)(C)[Si](C)(C)O[C@@H](CNCCc1ccc(OCCCc2ccc(-c3ccccc3)c(NC(=O)O[C@H]3CN4CCC3CC4)c2)cc1)c1ccc(O)c2[nH]c(=O)ccc12. The van der Waals surface area contributed by atoms with Crippen LogP contribution in [0.15, 0.2) is 102 Å². The number of fused-ring (bicyclic) bond motifs is 4. The molecule has 2 atom stereocenters. The van der Waals surface area contributed by atoms with Crippen molar-refractivity contribution in [1.82, 2.24) is 15.2 Å². The Bertz CT molecular complexity index is 2250. The average molecular weight is 817 g/mol. The molecule has 0 saturated carbocycles. The Balaban J connectivity index is 0.908. The number of aromatic amines is 1. The molecule has 4 aromatic carbocycles. The quantitative estimate of drug-likeness (QED) is 0.0574. The fourth-order valence-corrected chi connectivity index (χ4v) is 9.29. The summed E-state index contributed by atoms with van der Waals surface area (Å²) in [6.45, 7) is 16.1. The van der Waals surface area contributed by atoms with Crippen molar-refractivity contribution in [2.24, 2.45) is 5.92 Å². The number of H-pyrrole nitrogens is 1. The van der Waals surface area contributed by atoms with Gasteiger partial charge in [-0.25, -0.2) is 4.79 Å². The second kappa shape index (κ2) is 18.5. The first-order valence-electron chi connectivity index (χ1n) is 21.2. The first-order chi connectivity index (χ1) is 28.3. The highest BCUT2D eigenvalue weighted by Crippen LogP contribution is 2.41. The monoisotopic (exact) mass is 816 g/mol. The van der Waals surface area contributed by atoms with Crippen molar-refractivity contribution in [2.75, 3.05) is 44.6 Å². The van der Waals surface area contributed by atoms with Crippen LogP contribution in [0.4, 0.5) is 10.5 Å². The third-order valence-electron chi connectivity index (χ3n) is 12.5. The van der Waals surface area contributed by atoms with Crippen LogP contribution in [0.2, 0.25) is 18.1 Å². The zero-order valence-electron chi connectivity index (χ0n) is 35.2. The van der Waals surface area contributed by atoms with E-state index in [2.05, 4.69) is 96.8 Å². The van der Waals surface area contributed by atoms with Gasteiger partial charge in [-0.1, -0.05) is 81.4 Å². The second-order valence-corrected chi connectivity index (χ2v) is 22.4. The lowest BCUT2D eigenvalue weighted by Gasteiger charge is -2.43. The molecule has 5 aromatic rings. The number of carbonyl (C=O) groups excluding carboxylic acids is 1. The number of hydrogen-bond acceptors (Lipinski definition) is 8. The van der Waals surface area contributed by atoms with Crippen LogP contribution in [0.3, 0.4) is 0 Å². The van der Waals surface area contributed by atoms with Gasteiger partial charge in [0.1, 0.15) is 17.6 Å². The Hall–Kier alpha value is -4.94. The Morgan fingerprint density at radius 3 is 2.39 bits per heavy atom. The molecule has 1 aromatic heterocycles. The smallest absolute Gasteiger partial charge is 0.411 e. The second-order valence-electron chi connectivity index (χ2n) is 17.7. The molecule has 0 radical (unpaired) electrons. The number of phenolic OH excluding ortho intramolecular Hbond substituents is 1. The molecule has 4 heterocycles. The summed E-state index contributed by atoms with van der Waals surface area (Å²) in [5, 5.41) is 18.0. The normalized spacial score (nSPS) is 18.4. The Kier molecular flexibility index (Phi) is 13.3. The summed E-state index contributed by atoms with van der Waals surface area (Å²) in [5.74, 6) is 1.33. The van der Waals surface area contributed by atoms with Gasteiger partial charge in [0.15, 0.2) is 8.32 Å². The number of aromatic hydroxyl groups is 1. The van der Waals surface area contributed by atoms with Crippen LogP contribution in [0, 0.1) is 5.92 Å². The minimum absolute atomic E-state index is 0.00884. The van der Waals surface area contributed by atoms with Crippen LogP contribution in [0.25, 0.3) is 22.0 Å². The minimum Gasteiger partial charge on any atom is -0.506 e. The van der Waals surface area contributed by atoms with E-state index in [0.29, 0.717) is 24.6 Å². The van der Waals surface area contributed by atoms with E-state index in [1.54, 1.807) is 12.1 Å². The molecule has 8 rings (SSSR count). The number of ether oxygens (including phenoxy) is 2. The zero-order valence-corrected chi connectivity index (χ0v) is 36.2. The summed E-state index contributed by atoms with van der Waals surface area (Å²) in [7, 11) is -2.17. The molecule has 3 fully saturated rings. The van der Waals surface area contributed by atoms with Gasteiger partial charge in [0.25, 0.3) is 0 Å². The Morgan fingerprint density at radius 1 is 0.932 bits per heavy atom. The molecule has 3 aliphatic rings. The van der Waals surface area contributed by atoms with E-state index in [4.69, 9.17) is 13.9 Å². The molecule has 11 heteroatoms. The van der Waals surface area contributed by atoms with Crippen molar-refractivity contribution < 1.29 is 23.8 Å². The van der Waals surface area contributed by atoms with Gasteiger partial charge in [0.05, 0.1) is 23.9 Å². The largest absolute Gasteiger partial charge is 0.506 e. The van der Waals surface area contributed by atoms with E-state index in [-0.39, 0.29) is 34.6 Å². The van der Waals surface area contributed by atoms with Crippen molar-refractivity contribution in [3.8, 4) is 22.6 Å². The number of carbonyl (C=O) groups is 1. The van der Waals surface area contributed by atoms with Crippen molar-refractivity contribution in [1.29, 1.82) is 0 Å². The summed E-state index contributed by atoms with van der Waals surface area (Å²) in [4.78, 5) is 30.4. The number of amides is 1. The zero-order chi connectivity index (χ0) is 41.6. The number of aromatic nitrogens is 1. The van der Waals surface area contributed by atoms with Crippen LogP contribution in [0.1, 0.15) is 62.8 Å². The van der Waals surface area contributed by atoms with Gasteiger partial charge < -0.3 is 29.3 Å². The lowest BCUT2D eigenvalue weighted by atomic mass is 9.86. The minimum atomic E-state index is -2.17. The summed E-state index contributed by atoms with van der Waals surface area (Å²) < 4.78 is 19.1. The number of anilines is 1.